The van der Waals surface area contributed by atoms with Crippen molar-refractivity contribution < 1.29 is 4.84 Å². The molecule has 0 aromatic rings. The average Bonchev–Trinajstić information content (AvgIpc) is 1.85. The second kappa shape index (κ2) is 5.60. The quantitative estimate of drug-likeness (QED) is 0.419. The highest BCUT2D eigenvalue weighted by Crippen LogP contribution is 1.99. The predicted molar refractivity (Wildman–Crippen MR) is 39.3 cm³/mol. The summed E-state index contributed by atoms with van der Waals surface area (Å²) in [6.45, 7) is 7.52. The monoisotopic (exact) mass is 128 g/mol. The van der Waals surface area contributed by atoms with Gasteiger partial charge in [-0.1, -0.05) is 18.5 Å². The van der Waals surface area contributed by atoms with Gasteiger partial charge in [0.05, 0.1) is 0 Å². The molecule has 0 aliphatic carbocycles. The topological polar surface area (TPSA) is 21.6 Å². The Morgan fingerprint density at radius 1 is 1.78 bits per heavy atom. The molecule has 0 bridgehead atoms. The van der Waals surface area contributed by atoms with Crippen LogP contribution < -0.4 is 0 Å². The second-order valence-electron chi connectivity index (χ2n) is 1.99. The Balaban J connectivity index is 3.15. The Morgan fingerprint density at radius 3 is 2.89 bits per heavy atom. The van der Waals surface area contributed by atoms with Gasteiger partial charge >= 0.3 is 0 Å². The highest BCUT2D eigenvalue weighted by Gasteiger charge is 1.96. The van der Waals surface area contributed by atoms with Gasteiger partial charge in [0, 0.05) is 6.21 Å². The van der Waals surface area contributed by atoms with Gasteiger partial charge in [-0.3, -0.25) is 0 Å². The van der Waals surface area contributed by atoms with Crippen LogP contribution in [0.1, 0.15) is 26.7 Å². The van der Waals surface area contributed by atoms with Gasteiger partial charge in [0.2, 0.25) is 0 Å². The molecule has 0 aliphatic heterocycles. The Hall–Kier alpha value is -0.530. The van der Waals surface area contributed by atoms with E-state index in [1.807, 2.05) is 6.92 Å². The normalized spacial score (nSPS) is 14.1. The lowest BCUT2D eigenvalue weighted by Crippen LogP contribution is -2.02. The van der Waals surface area contributed by atoms with E-state index in [0.29, 0.717) is 0 Å². The Bertz CT molecular complexity index is 81.0. The van der Waals surface area contributed by atoms with Crippen molar-refractivity contribution >= 4 is 6.21 Å². The number of hydrogen-bond acceptors (Lipinski definition) is 2. The lowest BCUT2D eigenvalue weighted by atomic mass is 10.2. The van der Waals surface area contributed by atoms with Gasteiger partial charge in [0.15, 0.2) is 0 Å². The highest BCUT2D eigenvalue weighted by atomic mass is 16.6. The zero-order valence-electron chi connectivity index (χ0n) is 6.13. The zero-order chi connectivity index (χ0) is 7.11. The number of nitrogens with zero attached hydrogens (tertiary/aromatic N) is 1. The molecule has 0 fully saturated rings. The van der Waals surface area contributed by atoms with Crippen LogP contribution in [-0.4, -0.2) is 12.3 Å². The molecule has 0 N–H and O–H groups in total. The molecule has 0 heterocycles. The molecule has 53 valence electrons. The van der Waals surface area contributed by atoms with E-state index in [-0.39, 0.29) is 6.10 Å². The summed E-state index contributed by atoms with van der Waals surface area (Å²) >= 11 is 0. The van der Waals surface area contributed by atoms with E-state index in [2.05, 4.69) is 19.0 Å². The van der Waals surface area contributed by atoms with Gasteiger partial charge < -0.3 is 4.84 Å². The van der Waals surface area contributed by atoms with Crippen molar-refractivity contribution in [3.8, 4) is 0 Å². The van der Waals surface area contributed by atoms with Gasteiger partial charge in [-0.15, -0.1) is 0 Å². The summed E-state index contributed by atoms with van der Waals surface area (Å²) < 4.78 is 0. The lowest BCUT2D eigenvalue weighted by Gasteiger charge is -2.05. The van der Waals surface area contributed by atoms with Crippen LogP contribution >= 0.6 is 0 Å². The summed E-state index contributed by atoms with van der Waals surface area (Å²) in [7, 11) is 0. The van der Waals surface area contributed by atoms with Gasteiger partial charge in [0.1, 0.15) is 6.10 Å². The van der Waals surface area contributed by atoms with E-state index < -0.39 is 0 Å². The molecule has 0 rings (SSSR count). The van der Waals surface area contributed by atoms with Crippen molar-refractivity contribution in [2.24, 2.45) is 5.16 Å². The first-order chi connectivity index (χ1) is 4.31. The van der Waals surface area contributed by atoms with Crippen LogP contribution in [0.5, 0.6) is 0 Å². The SMILES string of the molecule is [CH2]C=NOC(C)CCC. The molecule has 0 aromatic heterocycles. The molecule has 2 nitrogen and oxygen atoms in total. The van der Waals surface area contributed by atoms with Gasteiger partial charge in [0.25, 0.3) is 0 Å². The van der Waals surface area contributed by atoms with Crippen molar-refractivity contribution in [3.05, 3.63) is 6.92 Å². The minimum Gasteiger partial charge on any atom is -0.393 e. The smallest absolute Gasteiger partial charge is 0.124 e. The van der Waals surface area contributed by atoms with Crippen LogP contribution in [0.2, 0.25) is 0 Å². The Labute approximate surface area is 56.9 Å². The summed E-state index contributed by atoms with van der Waals surface area (Å²) in [5, 5.41) is 3.55. The molecule has 0 amide bonds. The van der Waals surface area contributed by atoms with Crippen LogP contribution in [-0.2, 0) is 4.84 Å². The molecule has 1 unspecified atom stereocenters. The van der Waals surface area contributed by atoms with E-state index in [1.165, 1.54) is 6.21 Å². The van der Waals surface area contributed by atoms with Crippen LogP contribution in [0.15, 0.2) is 5.16 Å². The summed E-state index contributed by atoms with van der Waals surface area (Å²) in [6, 6.07) is 0. The second-order valence-corrected chi connectivity index (χ2v) is 1.99. The van der Waals surface area contributed by atoms with Crippen molar-refractivity contribution in [2.75, 3.05) is 0 Å². The number of oxime groups is 1. The van der Waals surface area contributed by atoms with E-state index >= 15 is 0 Å². The summed E-state index contributed by atoms with van der Waals surface area (Å²) in [5.41, 5.74) is 0. The summed E-state index contributed by atoms with van der Waals surface area (Å²) in [4.78, 5) is 4.94. The fourth-order valence-electron chi connectivity index (χ4n) is 0.606. The molecule has 0 aliphatic rings. The van der Waals surface area contributed by atoms with Gasteiger partial charge in [-0.05, 0) is 20.3 Å². The Morgan fingerprint density at radius 2 is 2.44 bits per heavy atom. The molecule has 2 heteroatoms. The fourth-order valence-corrected chi connectivity index (χ4v) is 0.606. The minimum absolute atomic E-state index is 0.230. The first-order valence-corrected chi connectivity index (χ1v) is 3.28. The number of rotatable bonds is 4. The summed E-state index contributed by atoms with van der Waals surface area (Å²) in [5.74, 6) is 0. The Kier molecular flexibility index (Phi) is 5.27. The van der Waals surface area contributed by atoms with Crippen LogP contribution in [0.3, 0.4) is 0 Å². The van der Waals surface area contributed by atoms with Gasteiger partial charge in [-0.25, -0.2) is 0 Å². The third-order valence-corrected chi connectivity index (χ3v) is 1.01. The fraction of sp³-hybridized carbons (Fsp3) is 0.714. The van der Waals surface area contributed by atoms with Crippen LogP contribution in [0, 0.1) is 6.92 Å². The predicted octanol–water partition coefficient (Wildman–Crippen LogP) is 2.01. The molecular formula is C7H14NO. The molecule has 9 heavy (non-hydrogen) atoms. The number of hydrogen-bond donors (Lipinski definition) is 0. The average molecular weight is 128 g/mol. The lowest BCUT2D eigenvalue weighted by molar-refractivity contribution is 0.0672. The molecule has 1 atom stereocenters. The maximum Gasteiger partial charge on any atom is 0.124 e. The maximum atomic E-state index is 4.94. The van der Waals surface area contributed by atoms with Crippen molar-refractivity contribution in [2.45, 2.75) is 32.8 Å². The highest BCUT2D eigenvalue weighted by molar-refractivity contribution is 5.60. The standard InChI is InChI=1S/C7H14NO/c1-4-6-7(3)9-8-5-2/h5,7H,2,4,6H2,1,3H3. The zero-order valence-corrected chi connectivity index (χ0v) is 6.13. The van der Waals surface area contributed by atoms with E-state index in [9.17, 15) is 0 Å². The molecule has 0 spiro atoms. The van der Waals surface area contributed by atoms with Crippen molar-refractivity contribution in [1.29, 1.82) is 0 Å². The third kappa shape index (κ3) is 5.34. The molecule has 0 aromatic carbocycles. The molecule has 0 saturated carbocycles. The third-order valence-electron chi connectivity index (χ3n) is 1.01. The first-order valence-electron chi connectivity index (χ1n) is 3.28. The van der Waals surface area contributed by atoms with Crippen molar-refractivity contribution in [3.63, 3.8) is 0 Å². The van der Waals surface area contributed by atoms with E-state index in [1.54, 1.807) is 0 Å². The molecule has 1 radical (unpaired) electrons. The first kappa shape index (κ1) is 8.47. The van der Waals surface area contributed by atoms with E-state index in [0.717, 1.165) is 12.8 Å². The largest absolute Gasteiger partial charge is 0.393 e. The van der Waals surface area contributed by atoms with Gasteiger partial charge in [-0.2, -0.15) is 0 Å². The van der Waals surface area contributed by atoms with Crippen molar-refractivity contribution in [1.82, 2.24) is 0 Å². The molecular weight excluding hydrogens is 114 g/mol. The van der Waals surface area contributed by atoms with Crippen LogP contribution in [0.25, 0.3) is 0 Å². The minimum atomic E-state index is 0.230. The van der Waals surface area contributed by atoms with E-state index in [4.69, 9.17) is 4.84 Å². The van der Waals surface area contributed by atoms with Crippen LogP contribution in [0.4, 0.5) is 0 Å². The molecule has 0 saturated heterocycles. The maximum absolute atomic E-state index is 4.94. The summed E-state index contributed by atoms with van der Waals surface area (Å²) in [6.07, 6.45) is 3.82.